The second kappa shape index (κ2) is 22.2. The number of ether oxygens (including phenoxy) is 2. The van der Waals surface area contributed by atoms with Crippen molar-refractivity contribution in [3.8, 4) is 11.5 Å². The average Bonchev–Trinajstić information content (AvgIpc) is 4.11. The number of aromatic nitrogens is 5. The van der Waals surface area contributed by atoms with Crippen molar-refractivity contribution in [2.45, 2.75) is 78.6 Å². The zero-order valence-electron chi connectivity index (χ0n) is 38.6. The fraction of sp³-hybridized carbons (Fsp3) is 0.390. The number of nitrogens with zero attached hydrogens (tertiary/aromatic N) is 11. The molecule has 0 amide bonds. The molecule has 5 heterocycles. The molecule has 378 valence electrons. The van der Waals surface area contributed by atoms with Gasteiger partial charge in [0.1, 0.15) is 32.5 Å². The van der Waals surface area contributed by atoms with Crippen LogP contribution in [0.25, 0.3) is 20.4 Å². The van der Waals surface area contributed by atoms with E-state index in [0.717, 1.165) is 89.2 Å². The Kier molecular flexibility index (Phi) is 16.5. The van der Waals surface area contributed by atoms with Crippen LogP contribution in [0.2, 0.25) is 10.0 Å². The lowest BCUT2D eigenvalue weighted by molar-refractivity contribution is 0.414. The van der Waals surface area contributed by atoms with Crippen LogP contribution in [0, 0.1) is 0 Å². The molecule has 1 fully saturated rings. The van der Waals surface area contributed by atoms with Gasteiger partial charge < -0.3 is 29.9 Å². The molecular weight excluding hydrogens is 1100 g/mol. The van der Waals surface area contributed by atoms with E-state index in [1.807, 2.05) is 39.8 Å². The average molecular weight is 1140 g/mol. The zero-order chi connectivity index (χ0) is 50.8. The van der Waals surface area contributed by atoms with Gasteiger partial charge in [0.25, 0.3) is 0 Å². The largest absolute Gasteiger partial charge is 0.494 e. The first kappa shape index (κ1) is 52.7. The smallest absolute Gasteiger partial charge is 0.305 e. The van der Waals surface area contributed by atoms with Crippen LogP contribution in [0.1, 0.15) is 59.8 Å². The number of azo groups is 2. The van der Waals surface area contributed by atoms with E-state index < -0.39 is 28.7 Å². The van der Waals surface area contributed by atoms with Crippen LogP contribution in [-0.4, -0.2) is 95.3 Å². The standard InChI is InChI=1S/C41H45Cl2N13O8S7/c1-7-55(8-2)25-16-21(23(18-27(25)63-5)49-51-33-29-31(42)37(70(57,58)59)66-35(29)53-68-33)44-39-46-40(48-41(47-39)65-20-14-12-11-13-15-20)45-22-17-26(56(9-3)10-4)28(64-6)19-24(22)50-52-34-30-32(43)38(71(60,61)62)67-36(30)54-69-34/h16-20H,7-15H2,1-6H3,(H,57,58,59)(H,60,61,62)(H2,44,45,46,47,48)/b51-49+,52-50+. The molecular formula is C41H45Cl2N13O8S7. The lowest BCUT2D eigenvalue weighted by atomic mass is 10.0. The first-order valence-corrected chi connectivity index (χ1v) is 29.5. The van der Waals surface area contributed by atoms with Crippen LogP contribution in [-0.2, 0) is 20.2 Å². The van der Waals surface area contributed by atoms with E-state index in [1.165, 1.54) is 0 Å². The minimum atomic E-state index is -4.62. The van der Waals surface area contributed by atoms with Crippen molar-refractivity contribution in [3.63, 3.8) is 0 Å². The molecule has 1 aliphatic rings. The summed E-state index contributed by atoms with van der Waals surface area (Å²) in [6, 6.07) is 7.13. The topological polar surface area (TPSA) is 272 Å². The molecule has 1 saturated carbocycles. The fourth-order valence-electron chi connectivity index (χ4n) is 7.71. The van der Waals surface area contributed by atoms with Crippen molar-refractivity contribution < 1.29 is 35.4 Å². The molecule has 1 aliphatic carbocycles. The number of nitrogens with one attached hydrogen (secondary N) is 2. The molecule has 0 saturated heterocycles. The number of thiophene rings is 2. The number of halogens is 2. The molecule has 0 bridgehead atoms. The maximum Gasteiger partial charge on any atom is 0.305 e. The van der Waals surface area contributed by atoms with E-state index in [9.17, 15) is 25.9 Å². The molecule has 8 rings (SSSR count). The van der Waals surface area contributed by atoms with Crippen LogP contribution in [0.4, 0.5) is 56.0 Å². The third-order valence-corrected chi connectivity index (χ3v) is 20.1. The van der Waals surface area contributed by atoms with Gasteiger partial charge >= 0.3 is 20.2 Å². The normalized spacial score (nSPS) is 13.8. The van der Waals surface area contributed by atoms with Gasteiger partial charge in [-0.2, -0.15) is 40.5 Å². The molecule has 2 aromatic carbocycles. The molecule has 0 spiro atoms. The van der Waals surface area contributed by atoms with Crippen molar-refractivity contribution >= 4 is 177 Å². The first-order chi connectivity index (χ1) is 34.0. The van der Waals surface area contributed by atoms with Crippen LogP contribution >= 0.6 is 80.7 Å². The molecule has 7 aromatic rings. The van der Waals surface area contributed by atoms with Gasteiger partial charge in [-0.3, -0.25) is 9.11 Å². The third kappa shape index (κ3) is 11.5. The molecule has 0 aliphatic heterocycles. The maximum absolute atomic E-state index is 12.1. The highest BCUT2D eigenvalue weighted by molar-refractivity contribution is 7.99. The summed E-state index contributed by atoms with van der Waals surface area (Å²) in [4.78, 5) is 19.5. The molecule has 5 aromatic heterocycles. The Morgan fingerprint density at radius 2 is 1.10 bits per heavy atom. The zero-order valence-corrected chi connectivity index (χ0v) is 45.9. The highest BCUT2D eigenvalue weighted by atomic mass is 35.5. The summed E-state index contributed by atoms with van der Waals surface area (Å²) < 4.78 is 87.3. The Balaban J connectivity index is 1.25. The minimum absolute atomic E-state index is 0.154. The summed E-state index contributed by atoms with van der Waals surface area (Å²) in [6.45, 7) is 10.7. The Morgan fingerprint density at radius 3 is 1.48 bits per heavy atom. The third-order valence-electron chi connectivity index (χ3n) is 11.2. The number of thioether (sulfide) groups is 1. The van der Waals surface area contributed by atoms with Crippen molar-refractivity contribution in [1.29, 1.82) is 0 Å². The molecule has 0 radical (unpaired) electrons. The number of benzene rings is 2. The highest BCUT2D eigenvalue weighted by Gasteiger charge is 2.28. The summed E-state index contributed by atoms with van der Waals surface area (Å²) in [5, 5.41) is 26.1. The molecule has 30 heteroatoms. The Morgan fingerprint density at radius 1 is 0.676 bits per heavy atom. The van der Waals surface area contributed by atoms with Gasteiger partial charge in [-0.1, -0.05) is 76.9 Å². The number of fused-ring (bicyclic) bond motifs is 2. The summed E-state index contributed by atoms with van der Waals surface area (Å²) >= 11 is 17.9. The second-order valence-corrected chi connectivity index (χ2v) is 24.2. The SMILES string of the molecule is CCN(CC)c1cc(Nc2nc(Nc3cc(N(CC)CC)c(OC)cc3/N=N/c3snc4sc(S(=O)(=O)O)c(Cl)c34)nc(SC3CCCCC3)n2)c(/N=N/c2snc3sc(S(=O)(=O)O)c(Cl)c23)cc1OC. The predicted octanol–water partition coefficient (Wildman–Crippen LogP) is 13.5. The number of hydrogen-bond acceptors (Lipinski definition) is 24. The van der Waals surface area contributed by atoms with Crippen LogP contribution in [0.5, 0.6) is 11.5 Å². The van der Waals surface area contributed by atoms with Gasteiger partial charge in [0.05, 0.1) is 57.8 Å². The highest BCUT2D eigenvalue weighted by Crippen LogP contribution is 2.49. The first-order valence-electron chi connectivity index (χ1n) is 21.8. The van der Waals surface area contributed by atoms with Gasteiger partial charge in [0.15, 0.2) is 23.6 Å². The molecule has 0 atom stereocenters. The van der Waals surface area contributed by atoms with Crippen LogP contribution in [0.15, 0.2) is 58.3 Å². The molecule has 71 heavy (non-hydrogen) atoms. The molecule has 21 nitrogen and oxygen atoms in total. The number of anilines is 6. The Labute approximate surface area is 439 Å². The van der Waals surface area contributed by atoms with Gasteiger partial charge in [0, 0.05) is 43.6 Å². The number of methoxy groups -OCH3 is 2. The van der Waals surface area contributed by atoms with Crippen molar-refractivity contribution in [2.24, 2.45) is 20.5 Å². The molecule has 4 N–H and O–H groups in total. The number of hydrogen-bond donors (Lipinski definition) is 4. The monoisotopic (exact) mass is 1140 g/mol. The van der Waals surface area contributed by atoms with Crippen molar-refractivity contribution in [1.82, 2.24) is 23.7 Å². The summed E-state index contributed by atoms with van der Waals surface area (Å²) in [5.74, 6) is 1.31. The summed E-state index contributed by atoms with van der Waals surface area (Å²) in [7, 11) is -6.13. The van der Waals surface area contributed by atoms with Crippen LogP contribution < -0.4 is 29.9 Å². The fourth-order valence-corrected chi connectivity index (χ4v) is 15.5. The van der Waals surface area contributed by atoms with Crippen molar-refractivity contribution in [2.75, 3.05) is 60.8 Å². The summed E-state index contributed by atoms with van der Waals surface area (Å²) in [5.41, 5.74) is 2.95. The van der Waals surface area contributed by atoms with E-state index >= 15 is 0 Å². The quantitative estimate of drug-likeness (QED) is 0.0408. The van der Waals surface area contributed by atoms with Crippen molar-refractivity contribution in [3.05, 3.63) is 34.3 Å². The van der Waals surface area contributed by atoms with E-state index in [2.05, 4.69) is 49.6 Å². The molecule has 0 unspecified atom stereocenters. The van der Waals surface area contributed by atoms with E-state index in [0.29, 0.717) is 65.6 Å². The predicted molar refractivity (Wildman–Crippen MR) is 285 cm³/mol. The van der Waals surface area contributed by atoms with E-state index in [1.54, 1.807) is 38.1 Å². The van der Waals surface area contributed by atoms with Gasteiger partial charge in [-0.05, 0) is 75.7 Å². The minimum Gasteiger partial charge on any atom is -0.494 e. The van der Waals surface area contributed by atoms with Gasteiger partial charge in [0.2, 0.25) is 11.9 Å². The summed E-state index contributed by atoms with van der Waals surface area (Å²) in [6.07, 6.45) is 5.30. The second-order valence-electron chi connectivity index (χ2n) is 15.4. The lowest BCUT2D eigenvalue weighted by Crippen LogP contribution is -2.22. The van der Waals surface area contributed by atoms with E-state index in [-0.39, 0.29) is 57.6 Å². The van der Waals surface area contributed by atoms with Gasteiger partial charge in [-0.15, -0.1) is 20.5 Å². The Bertz CT molecular complexity index is 3180. The van der Waals surface area contributed by atoms with Crippen LogP contribution in [0.3, 0.4) is 0 Å². The number of rotatable bonds is 20. The van der Waals surface area contributed by atoms with Gasteiger partial charge in [-0.25, -0.2) is 0 Å². The van der Waals surface area contributed by atoms with E-state index in [4.69, 9.17) is 47.6 Å². The maximum atomic E-state index is 12.1. The lowest BCUT2D eigenvalue weighted by Gasteiger charge is -2.25. The Hall–Kier alpha value is -4.62.